The van der Waals surface area contributed by atoms with Crippen LogP contribution in [0.3, 0.4) is 0 Å². The minimum Gasteiger partial charge on any atom is -0.460 e. The molecule has 0 atom stereocenters. The lowest BCUT2D eigenvalue weighted by Gasteiger charge is -2.08. The molecule has 1 aromatic rings. The van der Waals surface area contributed by atoms with Gasteiger partial charge in [0.2, 0.25) is 0 Å². The maximum absolute atomic E-state index is 11.8. The summed E-state index contributed by atoms with van der Waals surface area (Å²) in [6, 6.07) is 3.89. The largest absolute Gasteiger partial charge is 0.460 e. The molecule has 0 aliphatic heterocycles. The van der Waals surface area contributed by atoms with E-state index in [1.54, 1.807) is 13.8 Å². The predicted molar refractivity (Wildman–Crippen MR) is 72.8 cm³/mol. The quantitative estimate of drug-likeness (QED) is 0.356. The Kier molecular flexibility index (Phi) is 5.59. The fourth-order valence-electron chi connectivity index (χ4n) is 1.57. The van der Waals surface area contributed by atoms with Gasteiger partial charge in [-0.25, -0.2) is 9.59 Å². The molecule has 0 bridgehead atoms. The monoisotopic (exact) mass is 293 g/mol. The summed E-state index contributed by atoms with van der Waals surface area (Å²) in [5.41, 5.74) is 5.06. The standard InChI is InChI=1S/C14H15NO6/c1-3-20-13(18)11(16)8-6-5-7-9(10(8)15)12(17)14(19)21-4-2/h5-7H,3-4,15H2,1-2H3. The van der Waals surface area contributed by atoms with E-state index in [2.05, 4.69) is 9.47 Å². The van der Waals surface area contributed by atoms with Crippen LogP contribution in [-0.4, -0.2) is 36.7 Å². The Hall–Kier alpha value is -2.70. The van der Waals surface area contributed by atoms with Gasteiger partial charge < -0.3 is 15.2 Å². The van der Waals surface area contributed by atoms with Crippen molar-refractivity contribution in [1.29, 1.82) is 0 Å². The van der Waals surface area contributed by atoms with Crippen molar-refractivity contribution in [2.45, 2.75) is 13.8 Å². The Morgan fingerprint density at radius 2 is 1.29 bits per heavy atom. The topological polar surface area (TPSA) is 113 Å². The van der Waals surface area contributed by atoms with Crippen LogP contribution in [0.25, 0.3) is 0 Å². The Labute approximate surface area is 121 Å². The minimum atomic E-state index is -1.08. The molecule has 0 aliphatic carbocycles. The number of carbonyl (C=O) groups excluding carboxylic acids is 4. The van der Waals surface area contributed by atoms with Crippen molar-refractivity contribution in [3.63, 3.8) is 0 Å². The lowest BCUT2D eigenvalue weighted by molar-refractivity contribution is -0.138. The second-order valence-corrected chi connectivity index (χ2v) is 3.87. The molecule has 1 rings (SSSR count). The molecule has 0 aromatic heterocycles. The van der Waals surface area contributed by atoms with Crippen LogP contribution in [0.2, 0.25) is 0 Å². The molecular formula is C14H15NO6. The molecule has 0 amide bonds. The van der Waals surface area contributed by atoms with Gasteiger partial charge in [0.25, 0.3) is 11.6 Å². The van der Waals surface area contributed by atoms with E-state index in [1.165, 1.54) is 18.2 Å². The molecule has 0 spiro atoms. The molecule has 2 N–H and O–H groups in total. The Balaban J connectivity index is 3.15. The zero-order chi connectivity index (χ0) is 16.0. The molecule has 7 nitrogen and oxygen atoms in total. The van der Waals surface area contributed by atoms with Gasteiger partial charge in [-0.05, 0) is 26.0 Å². The van der Waals surface area contributed by atoms with Crippen LogP contribution in [-0.2, 0) is 19.1 Å². The molecular weight excluding hydrogens is 278 g/mol. The van der Waals surface area contributed by atoms with Crippen LogP contribution >= 0.6 is 0 Å². The normalized spacial score (nSPS) is 9.81. The van der Waals surface area contributed by atoms with E-state index in [4.69, 9.17) is 5.73 Å². The SMILES string of the molecule is CCOC(=O)C(=O)c1cccc(C(=O)C(=O)OCC)c1N. The molecule has 0 saturated carbocycles. The van der Waals surface area contributed by atoms with E-state index in [0.29, 0.717) is 0 Å². The predicted octanol–water partition coefficient (Wildman–Crippen LogP) is 0.760. The number of anilines is 1. The van der Waals surface area contributed by atoms with Crippen LogP contribution in [0.15, 0.2) is 18.2 Å². The van der Waals surface area contributed by atoms with Gasteiger partial charge in [0, 0.05) is 0 Å². The molecule has 21 heavy (non-hydrogen) atoms. The number of esters is 2. The lowest BCUT2D eigenvalue weighted by Crippen LogP contribution is -2.22. The van der Waals surface area contributed by atoms with Crippen molar-refractivity contribution < 1.29 is 28.7 Å². The van der Waals surface area contributed by atoms with Gasteiger partial charge in [0.05, 0.1) is 30.0 Å². The number of rotatable bonds is 6. The maximum atomic E-state index is 11.8. The van der Waals surface area contributed by atoms with Crippen LogP contribution in [0.5, 0.6) is 0 Å². The molecule has 112 valence electrons. The van der Waals surface area contributed by atoms with E-state index in [-0.39, 0.29) is 30.0 Å². The molecule has 0 heterocycles. The summed E-state index contributed by atoms with van der Waals surface area (Å²) in [5.74, 6) is -4.12. The maximum Gasteiger partial charge on any atom is 0.379 e. The Morgan fingerprint density at radius 3 is 1.62 bits per heavy atom. The summed E-state index contributed by atoms with van der Waals surface area (Å²) in [6.45, 7) is 3.17. The van der Waals surface area contributed by atoms with Crippen molar-refractivity contribution in [3.05, 3.63) is 29.3 Å². The average molecular weight is 293 g/mol. The van der Waals surface area contributed by atoms with E-state index in [9.17, 15) is 19.2 Å². The second kappa shape index (κ2) is 7.18. The van der Waals surface area contributed by atoms with Crippen LogP contribution in [0.4, 0.5) is 5.69 Å². The second-order valence-electron chi connectivity index (χ2n) is 3.87. The first-order chi connectivity index (χ1) is 9.93. The van der Waals surface area contributed by atoms with Crippen molar-refractivity contribution in [3.8, 4) is 0 Å². The Morgan fingerprint density at radius 1 is 0.905 bits per heavy atom. The molecule has 0 saturated heterocycles. The number of para-hydroxylation sites is 1. The number of nitrogens with two attached hydrogens (primary N) is 1. The molecule has 7 heteroatoms. The number of ketones is 2. The number of ether oxygens (including phenoxy) is 2. The van der Waals surface area contributed by atoms with E-state index < -0.39 is 23.5 Å². The molecule has 1 aromatic carbocycles. The molecule has 0 radical (unpaired) electrons. The van der Waals surface area contributed by atoms with Gasteiger partial charge in [-0.2, -0.15) is 0 Å². The first kappa shape index (κ1) is 16.4. The minimum absolute atomic E-state index is 0.0337. The van der Waals surface area contributed by atoms with Crippen molar-refractivity contribution >= 4 is 29.2 Å². The van der Waals surface area contributed by atoms with E-state index in [0.717, 1.165) is 0 Å². The van der Waals surface area contributed by atoms with Gasteiger partial charge in [-0.15, -0.1) is 0 Å². The van der Waals surface area contributed by atoms with Crippen LogP contribution < -0.4 is 5.73 Å². The number of Topliss-reactive ketones (excluding diaryl/α,β-unsaturated/α-hetero) is 2. The highest BCUT2D eigenvalue weighted by molar-refractivity contribution is 6.45. The molecule has 0 fully saturated rings. The summed E-state index contributed by atoms with van der Waals surface area (Å²) in [5, 5.41) is 0. The zero-order valence-corrected chi connectivity index (χ0v) is 11.7. The highest BCUT2D eigenvalue weighted by Gasteiger charge is 2.26. The zero-order valence-electron chi connectivity index (χ0n) is 11.7. The van der Waals surface area contributed by atoms with Gasteiger partial charge in [0.15, 0.2) is 0 Å². The first-order valence-electron chi connectivity index (χ1n) is 6.25. The van der Waals surface area contributed by atoms with Gasteiger partial charge in [-0.1, -0.05) is 6.07 Å². The van der Waals surface area contributed by atoms with E-state index >= 15 is 0 Å². The summed E-state index contributed by atoms with van der Waals surface area (Å²) in [6.07, 6.45) is 0. The van der Waals surface area contributed by atoms with Gasteiger partial charge in [-0.3, -0.25) is 9.59 Å². The van der Waals surface area contributed by atoms with Gasteiger partial charge in [0.1, 0.15) is 0 Å². The van der Waals surface area contributed by atoms with Gasteiger partial charge >= 0.3 is 11.9 Å². The number of benzene rings is 1. The molecule has 0 unspecified atom stereocenters. The highest BCUT2D eigenvalue weighted by atomic mass is 16.5. The molecule has 0 aliphatic rings. The number of hydrogen-bond donors (Lipinski definition) is 1. The third kappa shape index (κ3) is 3.65. The first-order valence-corrected chi connectivity index (χ1v) is 6.25. The fraction of sp³-hybridized carbons (Fsp3) is 0.286. The fourth-order valence-corrected chi connectivity index (χ4v) is 1.57. The number of carbonyl (C=O) groups is 4. The van der Waals surface area contributed by atoms with Crippen molar-refractivity contribution in [2.24, 2.45) is 0 Å². The summed E-state index contributed by atoms with van der Waals surface area (Å²) < 4.78 is 9.16. The summed E-state index contributed by atoms with van der Waals surface area (Å²) in [7, 11) is 0. The summed E-state index contributed by atoms with van der Waals surface area (Å²) in [4.78, 5) is 46.5. The van der Waals surface area contributed by atoms with Crippen molar-refractivity contribution in [2.75, 3.05) is 18.9 Å². The third-order valence-electron chi connectivity index (χ3n) is 2.52. The van der Waals surface area contributed by atoms with Crippen LogP contribution in [0, 0.1) is 0 Å². The Bertz CT molecular complexity index is 545. The lowest BCUT2D eigenvalue weighted by atomic mass is 10.0. The average Bonchev–Trinajstić information content (AvgIpc) is 2.46. The highest BCUT2D eigenvalue weighted by Crippen LogP contribution is 2.19. The van der Waals surface area contributed by atoms with E-state index in [1.807, 2.05) is 0 Å². The summed E-state index contributed by atoms with van der Waals surface area (Å²) >= 11 is 0. The number of hydrogen-bond acceptors (Lipinski definition) is 7. The van der Waals surface area contributed by atoms with Crippen LogP contribution in [0.1, 0.15) is 34.6 Å². The third-order valence-corrected chi connectivity index (χ3v) is 2.52. The smallest absolute Gasteiger partial charge is 0.379 e. The van der Waals surface area contributed by atoms with Crippen molar-refractivity contribution in [1.82, 2.24) is 0 Å². The number of nitrogen functional groups attached to an aromatic ring is 1.